The third-order valence-electron chi connectivity index (χ3n) is 3.59. The van der Waals surface area contributed by atoms with Gasteiger partial charge in [-0.3, -0.25) is 0 Å². The Hall–Kier alpha value is -2.35. The molecule has 0 unspecified atom stereocenters. The van der Waals surface area contributed by atoms with Gasteiger partial charge >= 0.3 is 5.97 Å². The molecule has 0 aliphatic rings. The first kappa shape index (κ1) is 15.0. The number of aryl methyl sites for hydroxylation is 3. The minimum Gasteiger partial charge on any atom is -0.478 e. The Morgan fingerprint density at radius 2 is 1.29 bits per heavy atom. The lowest BCUT2D eigenvalue weighted by Crippen LogP contribution is -2.00. The maximum Gasteiger partial charge on any atom is 0.330 e. The Balaban J connectivity index is 1.84. The monoisotopic (exact) mass is 280 g/mol. The highest BCUT2D eigenvalue weighted by Gasteiger charge is 2.04. The lowest BCUT2D eigenvalue weighted by molar-refractivity contribution is -0.132. The van der Waals surface area contributed by atoms with Crippen molar-refractivity contribution in [3.8, 4) is 0 Å². The van der Waals surface area contributed by atoms with Gasteiger partial charge in [-0.05, 0) is 42.4 Å². The topological polar surface area (TPSA) is 37.3 Å². The van der Waals surface area contributed by atoms with E-state index in [2.05, 4.69) is 55.1 Å². The standard InChI is InChI=1S/C19H20O2/c1-15(19(20)21)7-8-17-11-13-18(14-12-17)10-9-16-5-3-2-4-6-16/h2-6,11-14H,1,7-10H2,(H,20,21). The van der Waals surface area contributed by atoms with Gasteiger partial charge in [0.15, 0.2) is 0 Å². The summed E-state index contributed by atoms with van der Waals surface area (Å²) in [6, 6.07) is 18.9. The van der Waals surface area contributed by atoms with Gasteiger partial charge in [0.1, 0.15) is 0 Å². The highest BCUT2D eigenvalue weighted by atomic mass is 16.4. The van der Waals surface area contributed by atoms with Crippen LogP contribution in [0.3, 0.4) is 0 Å². The first-order chi connectivity index (χ1) is 10.1. The molecule has 0 spiro atoms. The van der Waals surface area contributed by atoms with Gasteiger partial charge in [-0.1, -0.05) is 61.2 Å². The van der Waals surface area contributed by atoms with Gasteiger partial charge in [0.2, 0.25) is 0 Å². The third kappa shape index (κ3) is 4.92. The van der Waals surface area contributed by atoms with Crippen molar-refractivity contribution in [1.82, 2.24) is 0 Å². The van der Waals surface area contributed by atoms with Crippen LogP contribution in [0.5, 0.6) is 0 Å². The Morgan fingerprint density at radius 3 is 1.81 bits per heavy atom. The van der Waals surface area contributed by atoms with Gasteiger partial charge in [0.05, 0.1) is 0 Å². The molecule has 1 N–H and O–H groups in total. The van der Waals surface area contributed by atoms with E-state index in [-0.39, 0.29) is 5.57 Å². The van der Waals surface area contributed by atoms with Crippen LogP contribution in [0.1, 0.15) is 23.1 Å². The molecule has 0 aromatic heterocycles. The van der Waals surface area contributed by atoms with E-state index < -0.39 is 5.97 Å². The van der Waals surface area contributed by atoms with Gasteiger partial charge in [-0.25, -0.2) is 4.79 Å². The van der Waals surface area contributed by atoms with Crippen molar-refractivity contribution in [2.24, 2.45) is 0 Å². The normalized spacial score (nSPS) is 10.3. The maximum absolute atomic E-state index is 10.7. The summed E-state index contributed by atoms with van der Waals surface area (Å²) in [7, 11) is 0. The van der Waals surface area contributed by atoms with Crippen LogP contribution in [0, 0.1) is 0 Å². The predicted octanol–water partition coefficient (Wildman–Crippen LogP) is 4.05. The van der Waals surface area contributed by atoms with Gasteiger partial charge in [0.25, 0.3) is 0 Å². The first-order valence-electron chi connectivity index (χ1n) is 7.18. The van der Waals surface area contributed by atoms with E-state index in [9.17, 15) is 4.79 Å². The van der Waals surface area contributed by atoms with Crippen molar-refractivity contribution in [3.05, 3.63) is 83.4 Å². The minimum atomic E-state index is -0.908. The zero-order valence-electron chi connectivity index (χ0n) is 12.1. The van der Waals surface area contributed by atoms with E-state index >= 15 is 0 Å². The summed E-state index contributed by atoms with van der Waals surface area (Å²) >= 11 is 0. The molecule has 21 heavy (non-hydrogen) atoms. The molecular weight excluding hydrogens is 260 g/mol. The Kier molecular flexibility index (Phi) is 5.33. The number of rotatable bonds is 7. The second-order valence-electron chi connectivity index (χ2n) is 5.21. The molecule has 2 rings (SSSR count). The molecule has 2 nitrogen and oxygen atoms in total. The summed E-state index contributed by atoms with van der Waals surface area (Å²) in [5.41, 5.74) is 4.07. The smallest absolute Gasteiger partial charge is 0.330 e. The average molecular weight is 280 g/mol. The number of hydrogen-bond acceptors (Lipinski definition) is 1. The van der Waals surface area contributed by atoms with E-state index in [0.29, 0.717) is 6.42 Å². The highest BCUT2D eigenvalue weighted by Crippen LogP contribution is 2.12. The number of carboxylic acids is 1. The molecule has 0 heterocycles. The summed E-state index contributed by atoms with van der Waals surface area (Å²) in [4.78, 5) is 10.7. The molecule has 108 valence electrons. The number of carboxylic acid groups (broad SMARTS) is 1. The Morgan fingerprint density at radius 1 is 0.810 bits per heavy atom. The second-order valence-corrected chi connectivity index (χ2v) is 5.21. The van der Waals surface area contributed by atoms with E-state index in [0.717, 1.165) is 24.8 Å². The molecule has 0 saturated carbocycles. The molecule has 2 aromatic rings. The molecule has 2 heteroatoms. The summed E-state index contributed by atoms with van der Waals surface area (Å²) < 4.78 is 0. The predicted molar refractivity (Wildman–Crippen MR) is 85.4 cm³/mol. The van der Waals surface area contributed by atoms with Crippen LogP contribution in [0.25, 0.3) is 0 Å². The molecule has 0 atom stereocenters. The van der Waals surface area contributed by atoms with Crippen LogP contribution in [-0.2, 0) is 24.1 Å². The SMILES string of the molecule is C=C(CCc1ccc(CCc2ccccc2)cc1)C(=O)O. The van der Waals surface area contributed by atoms with Crippen LogP contribution in [0.15, 0.2) is 66.7 Å². The van der Waals surface area contributed by atoms with Crippen molar-refractivity contribution in [3.63, 3.8) is 0 Å². The lowest BCUT2D eigenvalue weighted by Gasteiger charge is -2.05. The summed E-state index contributed by atoms with van der Waals surface area (Å²) in [6.45, 7) is 3.55. The second kappa shape index (κ2) is 7.44. The molecular formula is C19H20O2. The molecule has 0 saturated heterocycles. The largest absolute Gasteiger partial charge is 0.478 e. The van der Waals surface area contributed by atoms with Gasteiger partial charge in [-0.2, -0.15) is 0 Å². The molecule has 0 fully saturated rings. The lowest BCUT2D eigenvalue weighted by atomic mass is 10.0. The fourth-order valence-electron chi connectivity index (χ4n) is 2.21. The minimum absolute atomic E-state index is 0.267. The highest BCUT2D eigenvalue weighted by molar-refractivity contribution is 5.85. The van der Waals surface area contributed by atoms with Crippen LogP contribution in [0.4, 0.5) is 0 Å². The molecule has 0 aliphatic carbocycles. The molecule has 0 aliphatic heterocycles. The van der Waals surface area contributed by atoms with E-state index in [4.69, 9.17) is 5.11 Å². The average Bonchev–Trinajstić information content (AvgIpc) is 2.52. The fraction of sp³-hybridized carbons (Fsp3) is 0.211. The van der Waals surface area contributed by atoms with Gasteiger partial charge in [0, 0.05) is 5.57 Å². The maximum atomic E-state index is 10.7. The van der Waals surface area contributed by atoms with Gasteiger partial charge in [-0.15, -0.1) is 0 Å². The van der Waals surface area contributed by atoms with Crippen molar-refractivity contribution in [1.29, 1.82) is 0 Å². The van der Waals surface area contributed by atoms with Crippen molar-refractivity contribution >= 4 is 5.97 Å². The van der Waals surface area contributed by atoms with Crippen molar-refractivity contribution in [2.75, 3.05) is 0 Å². The molecule has 0 amide bonds. The van der Waals surface area contributed by atoms with Crippen LogP contribution in [0.2, 0.25) is 0 Å². The first-order valence-corrected chi connectivity index (χ1v) is 7.18. The number of carbonyl (C=O) groups is 1. The Bertz CT molecular complexity index is 597. The summed E-state index contributed by atoms with van der Waals surface area (Å²) in [5, 5.41) is 8.78. The van der Waals surface area contributed by atoms with Crippen molar-refractivity contribution < 1.29 is 9.90 Å². The van der Waals surface area contributed by atoms with Crippen LogP contribution in [-0.4, -0.2) is 11.1 Å². The van der Waals surface area contributed by atoms with Crippen molar-refractivity contribution in [2.45, 2.75) is 25.7 Å². The molecule has 0 bridgehead atoms. The third-order valence-corrected chi connectivity index (χ3v) is 3.59. The molecule has 2 aromatic carbocycles. The zero-order valence-corrected chi connectivity index (χ0v) is 12.1. The van der Waals surface area contributed by atoms with Crippen LogP contribution < -0.4 is 0 Å². The van der Waals surface area contributed by atoms with E-state index in [1.807, 2.05) is 6.07 Å². The zero-order chi connectivity index (χ0) is 15.1. The Labute approximate surface area is 125 Å². The fourth-order valence-corrected chi connectivity index (χ4v) is 2.21. The number of aliphatic carboxylic acids is 1. The number of hydrogen-bond donors (Lipinski definition) is 1. The number of benzene rings is 2. The summed E-state index contributed by atoms with van der Waals surface area (Å²) in [5.74, 6) is -0.908. The van der Waals surface area contributed by atoms with Gasteiger partial charge < -0.3 is 5.11 Å². The quantitative estimate of drug-likeness (QED) is 0.777. The molecule has 0 radical (unpaired) electrons. The van der Waals surface area contributed by atoms with Crippen LogP contribution >= 0.6 is 0 Å². The van der Waals surface area contributed by atoms with E-state index in [1.165, 1.54) is 11.1 Å². The summed E-state index contributed by atoms with van der Waals surface area (Å²) in [6.07, 6.45) is 3.28. The van der Waals surface area contributed by atoms with E-state index in [1.54, 1.807) is 0 Å².